The van der Waals surface area contributed by atoms with Crippen molar-refractivity contribution in [2.45, 2.75) is 34.1 Å². The van der Waals surface area contributed by atoms with Gasteiger partial charge in [0.05, 0.1) is 12.3 Å². The summed E-state index contributed by atoms with van der Waals surface area (Å²) in [5.74, 6) is -0.141. The Hall–Kier alpha value is -2.82. The summed E-state index contributed by atoms with van der Waals surface area (Å²) in [5, 5.41) is 5.56. The van der Waals surface area contributed by atoms with Gasteiger partial charge >= 0.3 is 0 Å². The van der Waals surface area contributed by atoms with Crippen molar-refractivity contribution in [1.82, 2.24) is 0 Å². The zero-order valence-electron chi connectivity index (χ0n) is 15.1. The van der Waals surface area contributed by atoms with E-state index in [2.05, 4.69) is 10.6 Å². The zero-order valence-corrected chi connectivity index (χ0v) is 15.1. The minimum Gasteiger partial charge on any atom is -0.492 e. The van der Waals surface area contributed by atoms with Crippen LogP contribution in [0, 0.1) is 20.8 Å². The minimum atomic E-state index is -0.382. The first-order valence-electron chi connectivity index (χ1n) is 8.30. The van der Waals surface area contributed by atoms with E-state index in [4.69, 9.17) is 4.74 Å². The van der Waals surface area contributed by atoms with Gasteiger partial charge in [0.15, 0.2) is 0 Å². The fourth-order valence-corrected chi connectivity index (χ4v) is 2.75. The standard InChI is InChI=1S/C20H24N2O3/c1-5-25-17-9-7-6-8-16(17)21-18(23)12-19(24)22-20-14(3)10-13(2)11-15(20)4/h6-11H,5,12H2,1-4H3,(H,21,23)(H,22,24). The Bertz CT molecular complexity index is 761. The Morgan fingerprint density at radius 2 is 1.56 bits per heavy atom. The van der Waals surface area contributed by atoms with Gasteiger partial charge in [0.1, 0.15) is 12.2 Å². The second-order valence-corrected chi connectivity index (χ2v) is 5.98. The van der Waals surface area contributed by atoms with Gasteiger partial charge < -0.3 is 15.4 Å². The molecule has 0 radical (unpaired) electrons. The van der Waals surface area contributed by atoms with E-state index >= 15 is 0 Å². The summed E-state index contributed by atoms with van der Waals surface area (Å²) in [5.41, 5.74) is 4.42. The van der Waals surface area contributed by atoms with Gasteiger partial charge in [-0.3, -0.25) is 9.59 Å². The first-order valence-corrected chi connectivity index (χ1v) is 8.30. The van der Waals surface area contributed by atoms with Crippen LogP contribution in [0.15, 0.2) is 36.4 Å². The molecular formula is C20H24N2O3. The average Bonchev–Trinajstić information content (AvgIpc) is 2.53. The number of nitrogens with one attached hydrogen (secondary N) is 2. The molecule has 0 unspecified atom stereocenters. The molecule has 0 heterocycles. The molecule has 0 saturated heterocycles. The Morgan fingerprint density at radius 1 is 0.960 bits per heavy atom. The molecule has 2 N–H and O–H groups in total. The lowest BCUT2D eigenvalue weighted by molar-refractivity contribution is -0.123. The smallest absolute Gasteiger partial charge is 0.233 e. The molecule has 0 atom stereocenters. The molecule has 2 aromatic rings. The predicted molar refractivity (Wildman–Crippen MR) is 100 cm³/mol. The highest BCUT2D eigenvalue weighted by molar-refractivity contribution is 6.08. The molecule has 0 fully saturated rings. The van der Waals surface area contributed by atoms with Crippen LogP contribution in [0.1, 0.15) is 30.0 Å². The molecule has 0 aliphatic carbocycles. The number of aryl methyl sites for hydroxylation is 3. The van der Waals surface area contributed by atoms with Crippen LogP contribution in [-0.2, 0) is 9.59 Å². The highest BCUT2D eigenvalue weighted by Crippen LogP contribution is 2.24. The molecule has 0 aliphatic heterocycles. The summed E-state index contributed by atoms with van der Waals surface area (Å²) >= 11 is 0. The first kappa shape index (κ1) is 18.5. The molecule has 0 aliphatic rings. The number of hydrogen-bond acceptors (Lipinski definition) is 3. The van der Waals surface area contributed by atoms with E-state index in [0.717, 1.165) is 22.4 Å². The van der Waals surface area contributed by atoms with Crippen LogP contribution in [-0.4, -0.2) is 18.4 Å². The van der Waals surface area contributed by atoms with Gasteiger partial charge in [0.25, 0.3) is 0 Å². The quantitative estimate of drug-likeness (QED) is 0.782. The molecule has 5 nitrogen and oxygen atoms in total. The lowest BCUT2D eigenvalue weighted by Crippen LogP contribution is -2.22. The number of hydrogen-bond donors (Lipinski definition) is 2. The van der Waals surface area contributed by atoms with Crippen molar-refractivity contribution in [2.75, 3.05) is 17.2 Å². The first-order chi connectivity index (χ1) is 11.9. The van der Waals surface area contributed by atoms with Crippen molar-refractivity contribution in [3.63, 3.8) is 0 Å². The van der Waals surface area contributed by atoms with Crippen LogP contribution < -0.4 is 15.4 Å². The van der Waals surface area contributed by atoms with Crippen molar-refractivity contribution < 1.29 is 14.3 Å². The van der Waals surface area contributed by atoms with Crippen LogP contribution in [0.25, 0.3) is 0 Å². The number of carbonyl (C=O) groups is 2. The molecular weight excluding hydrogens is 316 g/mol. The molecule has 132 valence electrons. The Balaban J connectivity index is 2.01. The number of anilines is 2. The summed E-state index contributed by atoms with van der Waals surface area (Å²) < 4.78 is 5.47. The lowest BCUT2D eigenvalue weighted by Gasteiger charge is -2.14. The van der Waals surface area contributed by atoms with E-state index in [1.807, 2.05) is 45.9 Å². The minimum absolute atomic E-state index is 0.257. The van der Waals surface area contributed by atoms with Gasteiger partial charge in [-0.25, -0.2) is 0 Å². The number of rotatable bonds is 6. The van der Waals surface area contributed by atoms with Crippen LogP contribution >= 0.6 is 0 Å². The number of para-hydroxylation sites is 2. The van der Waals surface area contributed by atoms with Crippen LogP contribution in [0.3, 0.4) is 0 Å². The second kappa shape index (κ2) is 8.33. The number of amides is 2. The Kier molecular flexibility index (Phi) is 6.17. The molecule has 0 saturated carbocycles. The molecule has 0 aromatic heterocycles. The third-order valence-corrected chi connectivity index (χ3v) is 3.72. The van der Waals surface area contributed by atoms with E-state index < -0.39 is 0 Å². The molecule has 0 bridgehead atoms. The third-order valence-electron chi connectivity index (χ3n) is 3.72. The van der Waals surface area contributed by atoms with Crippen molar-refractivity contribution in [3.05, 3.63) is 53.1 Å². The van der Waals surface area contributed by atoms with Crippen LogP contribution in [0.5, 0.6) is 5.75 Å². The Labute approximate surface area is 148 Å². The maximum absolute atomic E-state index is 12.2. The SMILES string of the molecule is CCOc1ccccc1NC(=O)CC(=O)Nc1c(C)cc(C)cc1C. The summed E-state index contributed by atoms with van der Waals surface area (Å²) in [7, 11) is 0. The fraction of sp³-hybridized carbons (Fsp3) is 0.300. The van der Waals surface area contributed by atoms with Gasteiger partial charge in [-0.15, -0.1) is 0 Å². The predicted octanol–water partition coefficient (Wildman–Crippen LogP) is 3.98. The van der Waals surface area contributed by atoms with Gasteiger partial charge in [0, 0.05) is 5.69 Å². The largest absolute Gasteiger partial charge is 0.492 e. The normalized spacial score (nSPS) is 10.2. The molecule has 0 spiro atoms. The van der Waals surface area contributed by atoms with E-state index in [9.17, 15) is 9.59 Å². The third kappa shape index (κ3) is 5.08. The van der Waals surface area contributed by atoms with Crippen molar-refractivity contribution in [1.29, 1.82) is 0 Å². The summed E-state index contributed by atoms with van der Waals surface area (Å²) in [6.07, 6.45) is -0.257. The van der Waals surface area contributed by atoms with Gasteiger partial charge in [-0.1, -0.05) is 29.8 Å². The van der Waals surface area contributed by atoms with E-state index in [1.165, 1.54) is 0 Å². The second-order valence-electron chi connectivity index (χ2n) is 5.98. The summed E-state index contributed by atoms with van der Waals surface area (Å²) in [4.78, 5) is 24.4. The van der Waals surface area contributed by atoms with Gasteiger partial charge in [-0.05, 0) is 51.0 Å². The average molecular weight is 340 g/mol. The van der Waals surface area contributed by atoms with Crippen LogP contribution in [0.4, 0.5) is 11.4 Å². The number of carbonyl (C=O) groups excluding carboxylic acids is 2. The van der Waals surface area contributed by atoms with Gasteiger partial charge in [-0.2, -0.15) is 0 Å². The monoisotopic (exact) mass is 340 g/mol. The van der Waals surface area contributed by atoms with Crippen molar-refractivity contribution in [3.8, 4) is 5.75 Å². The maximum atomic E-state index is 12.2. The van der Waals surface area contributed by atoms with Crippen molar-refractivity contribution >= 4 is 23.2 Å². The van der Waals surface area contributed by atoms with Gasteiger partial charge in [0.2, 0.25) is 11.8 Å². The number of benzene rings is 2. The summed E-state index contributed by atoms with van der Waals surface area (Å²) in [6, 6.07) is 11.2. The molecule has 2 rings (SSSR count). The lowest BCUT2D eigenvalue weighted by atomic mass is 10.0. The molecule has 5 heteroatoms. The molecule has 25 heavy (non-hydrogen) atoms. The fourth-order valence-electron chi connectivity index (χ4n) is 2.75. The molecule has 2 aromatic carbocycles. The maximum Gasteiger partial charge on any atom is 0.233 e. The molecule has 2 amide bonds. The Morgan fingerprint density at radius 3 is 2.20 bits per heavy atom. The number of ether oxygens (including phenoxy) is 1. The highest BCUT2D eigenvalue weighted by atomic mass is 16.5. The summed E-state index contributed by atoms with van der Waals surface area (Å²) in [6.45, 7) is 8.26. The van der Waals surface area contributed by atoms with Crippen molar-refractivity contribution in [2.24, 2.45) is 0 Å². The topological polar surface area (TPSA) is 67.4 Å². The van der Waals surface area contributed by atoms with E-state index in [-0.39, 0.29) is 18.2 Å². The van der Waals surface area contributed by atoms with Crippen LogP contribution in [0.2, 0.25) is 0 Å². The highest BCUT2D eigenvalue weighted by Gasteiger charge is 2.14. The zero-order chi connectivity index (χ0) is 18.4. The van der Waals surface area contributed by atoms with E-state index in [0.29, 0.717) is 18.0 Å². The van der Waals surface area contributed by atoms with E-state index in [1.54, 1.807) is 18.2 Å².